The second-order valence-electron chi connectivity index (χ2n) is 9.33. The SMILES string of the molecule is CCCCCCCCCCCCCCC(=O)N(CCCN(C)C)CCCN(C)C. The highest BCUT2D eigenvalue weighted by Crippen LogP contribution is 2.13. The van der Waals surface area contributed by atoms with E-state index in [1.807, 2.05) is 0 Å². The minimum Gasteiger partial charge on any atom is -0.343 e. The summed E-state index contributed by atoms with van der Waals surface area (Å²) in [5.74, 6) is 0.370. The van der Waals surface area contributed by atoms with Crippen LogP contribution in [0.3, 0.4) is 0 Å². The van der Waals surface area contributed by atoms with E-state index in [-0.39, 0.29) is 0 Å². The molecule has 0 aromatic rings. The quantitative estimate of drug-likeness (QED) is 0.223. The molecular weight excluding hydrogens is 358 g/mol. The van der Waals surface area contributed by atoms with Gasteiger partial charge in [0.2, 0.25) is 5.91 Å². The van der Waals surface area contributed by atoms with Crippen molar-refractivity contribution in [3.05, 3.63) is 0 Å². The summed E-state index contributed by atoms with van der Waals surface area (Å²) < 4.78 is 0. The van der Waals surface area contributed by atoms with Crippen LogP contribution in [0.2, 0.25) is 0 Å². The molecule has 0 aliphatic rings. The van der Waals surface area contributed by atoms with Crippen LogP contribution in [0, 0.1) is 0 Å². The predicted octanol–water partition coefficient (Wildman–Crippen LogP) is 5.81. The lowest BCUT2D eigenvalue weighted by Gasteiger charge is -2.24. The molecule has 0 aromatic carbocycles. The van der Waals surface area contributed by atoms with Crippen LogP contribution in [0.4, 0.5) is 0 Å². The zero-order valence-corrected chi connectivity index (χ0v) is 20.7. The Morgan fingerprint density at radius 3 is 1.28 bits per heavy atom. The predicted molar refractivity (Wildman–Crippen MR) is 129 cm³/mol. The smallest absolute Gasteiger partial charge is 0.222 e. The number of hydrogen-bond acceptors (Lipinski definition) is 3. The zero-order chi connectivity index (χ0) is 21.7. The Balaban J connectivity index is 3.79. The first-order valence-electron chi connectivity index (χ1n) is 12.5. The minimum absolute atomic E-state index is 0.370. The van der Waals surface area contributed by atoms with Gasteiger partial charge in [0, 0.05) is 19.5 Å². The molecule has 0 saturated heterocycles. The van der Waals surface area contributed by atoms with Gasteiger partial charge in [-0.1, -0.05) is 77.6 Å². The summed E-state index contributed by atoms with van der Waals surface area (Å²) >= 11 is 0. The summed E-state index contributed by atoms with van der Waals surface area (Å²) in [5.41, 5.74) is 0. The van der Waals surface area contributed by atoms with Crippen LogP contribution >= 0.6 is 0 Å². The summed E-state index contributed by atoms with van der Waals surface area (Å²) in [6.07, 6.45) is 19.0. The Kier molecular flexibility index (Phi) is 20.2. The van der Waals surface area contributed by atoms with E-state index in [1.54, 1.807) is 0 Å². The van der Waals surface area contributed by atoms with Crippen molar-refractivity contribution in [2.75, 3.05) is 54.4 Å². The molecule has 0 bridgehead atoms. The number of carbonyl (C=O) groups is 1. The normalized spacial score (nSPS) is 11.6. The molecule has 174 valence electrons. The van der Waals surface area contributed by atoms with Crippen molar-refractivity contribution in [2.45, 2.75) is 103 Å². The molecule has 0 heterocycles. The van der Waals surface area contributed by atoms with Gasteiger partial charge < -0.3 is 14.7 Å². The fourth-order valence-electron chi connectivity index (χ4n) is 3.79. The number of amides is 1. The molecule has 0 N–H and O–H groups in total. The third kappa shape index (κ3) is 20.4. The molecule has 0 spiro atoms. The number of carbonyl (C=O) groups excluding carboxylic acids is 1. The second-order valence-corrected chi connectivity index (χ2v) is 9.33. The molecule has 0 radical (unpaired) electrons. The van der Waals surface area contributed by atoms with Gasteiger partial charge in [0.25, 0.3) is 0 Å². The molecule has 0 unspecified atom stereocenters. The molecule has 0 fully saturated rings. The first kappa shape index (κ1) is 28.4. The minimum atomic E-state index is 0.370. The highest BCUT2D eigenvalue weighted by atomic mass is 16.2. The second kappa shape index (κ2) is 20.7. The number of nitrogens with zero attached hydrogens (tertiary/aromatic N) is 3. The summed E-state index contributed by atoms with van der Waals surface area (Å²) in [7, 11) is 8.41. The van der Waals surface area contributed by atoms with Gasteiger partial charge in [0.1, 0.15) is 0 Å². The molecule has 0 atom stereocenters. The molecule has 4 nitrogen and oxygen atoms in total. The van der Waals surface area contributed by atoms with Crippen molar-refractivity contribution in [1.82, 2.24) is 14.7 Å². The van der Waals surface area contributed by atoms with Gasteiger partial charge >= 0.3 is 0 Å². The molecule has 0 rings (SSSR count). The Bertz CT molecular complexity index is 344. The van der Waals surface area contributed by atoms with Crippen molar-refractivity contribution in [3.8, 4) is 0 Å². The summed E-state index contributed by atoms with van der Waals surface area (Å²) in [6.45, 7) is 6.19. The highest BCUT2D eigenvalue weighted by Gasteiger charge is 2.13. The van der Waals surface area contributed by atoms with Crippen LogP contribution in [-0.4, -0.2) is 75.0 Å². The molecule has 0 aliphatic heterocycles. The first-order chi connectivity index (χ1) is 14.0. The molecule has 0 aromatic heterocycles. The molecule has 0 aliphatic carbocycles. The maximum Gasteiger partial charge on any atom is 0.222 e. The van der Waals surface area contributed by atoms with Gasteiger partial charge in [-0.25, -0.2) is 0 Å². The van der Waals surface area contributed by atoms with E-state index in [2.05, 4.69) is 49.8 Å². The monoisotopic (exact) mass is 411 g/mol. The van der Waals surface area contributed by atoms with Crippen LogP contribution in [0.25, 0.3) is 0 Å². The molecular formula is C25H53N3O. The molecule has 4 heteroatoms. The van der Waals surface area contributed by atoms with Crippen molar-refractivity contribution in [1.29, 1.82) is 0 Å². The standard InChI is InChI=1S/C25H53N3O/c1-6-7-8-9-10-11-12-13-14-15-16-17-20-25(29)28(23-18-21-26(2)3)24-19-22-27(4)5/h6-24H2,1-5H3. The molecule has 1 amide bonds. The van der Waals surface area contributed by atoms with Gasteiger partial charge in [-0.2, -0.15) is 0 Å². The number of hydrogen-bond donors (Lipinski definition) is 0. The van der Waals surface area contributed by atoms with Crippen LogP contribution in [0.1, 0.15) is 103 Å². The van der Waals surface area contributed by atoms with Crippen LogP contribution in [0.15, 0.2) is 0 Å². The highest BCUT2D eigenvalue weighted by molar-refractivity contribution is 5.76. The lowest BCUT2D eigenvalue weighted by molar-refractivity contribution is -0.131. The Morgan fingerprint density at radius 1 is 0.517 bits per heavy atom. The fraction of sp³-hybridized carbons (Fsp3) is 0.960. The third-order valence-electron chi connectivity index (χ3n) is 5.66. The van der Waals surface area contributed by atoms with Crippen molar-refractivity contribution in [2.24, 2.45) is 0 Å². The van der Waals surface area contributed by atoms with Gasteiger partial charge in [0.05, 0.1) is 0 Å². The third-order valence-corrected chi connectivity index (χ3v) is 5.66. The average Bonchev–Trinajstić information content (AvgIpc) is 2.67. The zero-order valence-electron chi connectivity index (χ0n) is 20.7. The van der Waals surface area contributed by atoms with Gasteiger partial charge in [0.15, 0.2) is 0 Å². The largest absolute Gasteiger partial charge is 0.343 e. The van der Waals surface area contributed by atoms with Crippen molar-refractivity contribution >= 4 is 5.91 Å². The fourth-order valence-corrected chi connectivity index (χ4v) is 3.79. The van der Waals surface area contributed by atoms with E-state index in [1.165, 1.54) is 70.6 Å². The Hall–Kier alpha value is -0.610. The Morgan fingerprint density at radius 2 is 0.897 bits per heavy atom. The van der Waals surface area contributed by atoms with Crippen LogP contribution in [-0.2, 0) is 4.79 Å². The molecule has 29 heavy (non-hydrogen) atoms. The lowest BCUT2D eigenvalue weighted by atomic mass is 10.0. The number of rotatable bonds is 21. The van der Waals surface area contributed by atoms with E-state index < -0.39 is 0 Å². The van der Waals surface area contributed by atoms with E-state index in [0.29, 0.717) is 5.91 Å². The van der Waals surface area contributed by atoms with Gasteiger partial charge in [-0.15, -0.1) is 0 Å². The van der Waals surface area contributed by atoms with E-state index >= 15 is 0 Å². The van der Waals surface area contributed by atoms with Crippen LogP contribution < -0.4 is 0 Å². The summed E-state index contributed by atoms with van der Waals surface area (Å²) in [4.78, 5) is 19.2. The maximum atomic E-state index is 12.7. The summed E-state index contributed by atoms with van der Waals surface area (Å²) in [6, 6.07) is 0. The first-order valence-corrected chi connectivity index (χ1v) is 12.5. The van der Waals surface area contributed by atoms with E-state index in [9.17, 15) is 4.79 Å². The number of unbranched alkanes of at least 4 members (excludes halogenated alkanes) is 11. The van der Waals surface area contributed by atoms with Crippen molar-refractivity contribution < 1.29 is 4.79 Å². The van der Waals surface area contributed by atoms with Crippen molar-refractivity contribution in [3.63, 3.8) is 0 Å². The van der Waals surface area contributed by atoms with E-state index in [4.69, 9.17) is 0 Å². The maximum absolute atomic E-state index is 12.7. The average molecular weight is 412 g/mol. The van der Waals surface area contributed by atoms with Crippen LogP contribution in [0.5, 0.6) is 0 Å². The van der Waals surface area contributed by atoms with E-state index in [0.717, 1.165) is 51.9 Å². The molecule has 0 saturated carbocycles. The van der Waals surface area contributed by atoms with Gasteiger partial charge in [-0.05, 0) is 60.5 Å². The topological polar surface area (TPSA) is 26.8 Å². The summed E-state index contributed by atoms with van der Waals surface area (Å²) in [5, 5.41) is 0. The van der Waals surface area contributed by atoms with Gasteiger partial charge in [-0.3, -0.25) is 4.79 Å². The lowest BCUT2D eigenvalue weighted by Crippen LogP contribution is -2.35. The Labute approximate surface area is 183 Å².